The molecule has 1 N–H and O–H groups in total. The van der Waals surface area contributed by atoms with Gasteiger partial charge >= 0.3 is 0 Å². The van der Waals surface area contributed by atoms with E-state index < -0.39 is 0 Å². The van der Waals surface area contributed by atoms with Crippen LogP contribution in [0.5, 0.6) is 11.6 Å². The number of carbonyl (C=O) groups excluding carboxylic acids is 2. The summed E-state index contributed by atoms with van der Waals surface area (Å²) in [6.45, 7) is 2.95. The second-order valence-corrected chi connectivity index (χ2v) is 8.27. The van der Waals surface area contributed by atoms with Gasteiger partial charge in [-0.15, -0.1) is 0 Å². The summed E-state index contributed by atoms with van der Waals surface area (Å²) in [5, 5.41) is 2.95. The van der Waals surface area contributed by atoms with Crippen LogP contribution in [0.4, 0.5) is 0 Å². The minimum Gasteiger partial charge on any atom is -0.483 e. The first-order valence-corrected chi connectivity index (χ1v) is 10.4. The van der Waals surface area contributed by atoms with E-state index in [0.29, 0.717) is 24.1 Å². The SMILES string of the molecule is COc1ncccc1-c1ccc(OCC(=O)N(C)C)c(CN2C[C@@H]3CNC(=O)[C@@H]3C2)c1. The first-order valence-electron chi connectivity index (χ1n) is 10.4. The lowest BCUT2D eigenvalue weighted by Gasteiger charge is -2.21. The Balaban J connectivity index is 1.60. The smallest absolute Gasteiger partial charge is 0.259 e. The summed E-state index contributed by atoms with van der Waals surface area (Å²) in [5.74, 6) is 1.68. The van der Waals surface area contributed by atoms with Crippen molar-refractivity contribution in [2.75, 3.05) is 47.4 Å². The predicted octanol–water partition coefficient (Wildman–Crippen LogP) is 1.40. The van der Waals surface area contributed by atoms with Crippen LogP contribution >= 0.6 is 0 Å². The molecule has 2 aliphatic rings. The first-order chi connectivity index (χ1) is 15.0. The zero-order valence-electron chi connectivity index (χ0n) is 18.1. The molecule has 0 aliphatic carbocycles. The molecule has 1 aromatic heterocycles. The van der Waals surface area contributed by atoms with Gasteiger partial charge in [-0.1, -0.05) is 6.07 Å². The molecule has 0 unspecified atom stereocenters. The maximum Gasteiger partial charge on any atom is 0.259 e. The Morgan fingerprint density at radius 1 is 1.29 bits per heavy atom. The Labute approximate surface area is 182 Å². The average molecular weight is 425 g/mol. The number of likely N-dealkylation sites (tertiary alicyclic amines) is 1. The summed E-state index contributed by atoms with van der Waals surface area (Å²) in [4.78, 5) is 32.2. The van der Waals surface area contributed by atoms with Crippen LogP contribution in [0.3, 0.4) is 0 Å². The van der Waals surface area contributed by atoms with Crippen molar-refractivity contribution in [2.24, 2.45) is 11.8 Å². The normalized spacial score (nSPS) is 20.3. The number of benzene rings is 1. The number of aromatic nitrogens is 1. The van der Waals surface area contributed by atoms with Crippen molar-refractivity contribution < 1.29 is 19.1 Å². The third kappa shape index (κ3) is 4.49. The zero-order chi connectivity index (χ0) is 22.0. The molecule has 0 spiro atoms. The number of hydrogen-bond acceptors (Lipinski definition) is 6. The number of hydrogen-bond donors (Lipinski definition) is 1. The van der Waals surface area contributed by atoms with Crippen molar-refractivity contribution >= 4 is 11.8 Å². The van der Waals surface area contributed by atoms with Crippen molar-refractivity contribution in [3.63, 3.8) is 0 Å². The summed E-state index contributed by atoms with van der Waals surface area (Å²) in [6, 6.07) is 9.74. The quantitative estimate of drug-likeness (QED) is 0.724. The molecule has 4 rings (SSSR count). The van der Waals surface area contributed by atoms with Crippen LogP contribution in [0.1, 0.15) is 5.56 Å². The van der Waals surface area contributed by atoms with Gasteiger partial charge in [0.1, 0.15) is 5.75 Å². The molecular formula is C23H28N4O4. The minimum absolute atomic E-state index is 0.0246. The number of amides is 2. The van der Waals surface area contributed by atoms with E-state index in [4.69, 9.17) is 9.47 Å². The van der Waals surface area contributed by atoms with E-state index in [-0.39, 0.29) is 24.3 Å². The van der Waals surface area contributed by atoms with Gasteiger partial charge in [-0.3, -0.25) is 14.5 Å². The Morgan fingerprint density at radius 3 is 2.87 bits per heavy atom. The van der Waals surface area contributed by atoms with Crippen LogP contribution in [-0.2, 0) is 16.1 Å². The van der Waals surface area contributed by atoms with Crippen LogP contribution in [0.15, 0.2) is 36.5 Å². The average Bonchev–Trinajstić information content (AvgIpc) is 3.33. The zero-order valence-corrected chi connectivity index (χ0v) is 18.1. The molecule has 0 bridgehead atoms. The molecule has 8 heteroatoms. The largest absolute Gasteiger partial charge is 0.483 e. The second-order valence-electron chi connectivity index (χ2n) is 8.27. The maximum atomic E-state index is 12.0. The summed E-state index contributed by atoms with van der Waals surface area (Å²) < 4.78 is 11.3. The predicted molar refractivity (Wildman–Crippen MR) is 116 cm³/mol. The van der Waals surface area contributed by atoms with Crippen molar-refractivity contribution in [2.45, 2.75) is 6.54 Å². The maximum absolute atomic E-state index is 12.0. The molecule has 2 saturated heterocycles. The summed E-state index contributed by atoms with van der Waals surface area (Å²) in [5.41, 5.74) is 2.82. The van der Waals surface area contributed by atoms with E-state index in [1.807, 2.05) is 24.3 Å². The number of ether oxygens (including phenoxy) is 2. The lowest BCUT2D eigenvalue weighted by Crippen LogP contribution is -2.29. The van der Waals surface area contributed by atoms with Gasteiger partial charge in [0.25, 0.3) is 5.91 Å². The van der Waals surface area contributed by atoms with E-state index in [0.717, 1.165) is 36.3 Å². The Hall–Kier alpha value is -3.13. The van der Waals surface area contributed by atoms with Gasteiger partial charge in [0, 0.05) is 63.5 Å². The number of methoxy groups -OCH3 is 1. The highest BCUT2D eigenvalue weighted by Crippen LogP contribution is 2.34. The van der Waals surface area contributed by atoms with Gasteiger partial charge in [0.2, 0.25) is 11.8 Å². The molecule has 1 aromatic carbocycles. The van der Waals surface area contributed by atoms with E-state index in [9.17, 15) is 9.59 Å². The Kier molecular flexibility index (Phi) is 6.08. The van der Waals surface area contributed by atoms with Crippen LogP contribution in [0.2, 0.25) is 0 Å². The van der Waals surface area contributed by atoms with Gasteiger partial charge in [0.15, 0.2) is 6.61 Å². The van der Waals surface area contributed by atoms with Crippen molar-refractivity contribution in [1.82, 2.24) is 20.1 Å². The topological polar surface area (TPSA) is 84.0 Å². The molecule has 8 nitrogen and oxygen atoms in total. The highest BCUT2D eigenvalue weighted by atomic mass is 16.5. The number of carbonyl (C=O) groups is 2. The number of rotatable bonds is 7. The molecule has 2 atom stereocenters. The minimum atomic E-state index is -0.101. The first kappa shape index (κ1) is 21.1. The Bertz CT molecular complexity index is 978. The van der Waals surface area contributed by atoms with Crippen LogP contribution in [0.25, 0.3) is 11.1 Å². The van der Waals surface area contributed by atoms with Gasteiger partial charge in [-0.05, 0) is 29.8 Å². The highest BCUT2D eigenvalue weighted by molar-refractivity contribution is 5.82. The fourth-order valence-electron chi connectivity index (χ4n) is 4.25. The number of likely N-dealkylation sites (N-methyl/N-ethyl adjacent to an activating group) is 1. The van der Waals surface area contributed by atoms with E-state index in [2.05, 4.69) is 21.3 Å². The monoisotopic (exact) mass is 424 g/mol. The molecule has 3 heterocycles. The fourth-order valence-corrected chi connectivity index (χ4v) is 4.25. The molecule has 2 fully saturated rings. The van der Waals surface area contributed by atoms with E-state index >= 15 is 0 Å². The third-order valence-electron chi connectivity index (χ3n) is 5.97. The lowest BCUT2D eigenvalue weighted by molar-refractivity contribution is -0.130. The molecule has 2 aromatic rings. The van der Waals surface area contributed by atoms with Gasteiger partial charge in [-0.25, -0.2) is 4.98 Å². The van der Waals surface area contributed by atoms with Crippen molar-refractivity contribution in [1.29, 1.82) is 0 Å². The molecule has 0 saturated carbocycles. The number of nitrogens with zero attached hydrogens (tertiary/aromatic N) is 3. The Morgan fingerprint density at radius 2 is 2.13 bits per heavy atom. The van der Waals surface area contributed by atoms with Crippen molar-refractivity contribution in [3.05, 3.63) is 42.1 Å². The number of fused-ring (bicyclic) bond motifs is 1. The summed E-state index contributed by atoms with van der Waals surface area (Å²) in [7, 11) is 5.02. The van der Waals surface area contributed by atoms with Gasteiger partial charge in [0.05, 0.1) is 13.0 Å². The van der Waals surface area contributed by atoms with Crippen LogP contribution in [-0.4, -0.2) is 74.0 Å². The molecular weight excluding hydrogens is 396 g/mol. The molecule has 0 radical (unpaired) electrons. The number of nitrogens with one attached hydrogen (secondary N) is 1. The highest BCUT2D eigenvalue weighted by Gasteiger charge is 2.41. The van der Waals surface area contributed by atoms with E-state index in [1.54, 1.807) is 27.4 Å². The summed E-state index contributed by atoms with van der Waals surface area (Å²) in [6.07, 6.45) is 1.70. The van der Waals surface area contributed by atoms with Crippen LogP contribution in [0, 0.1) is 11.8 Å². The van der Waals surface area contributed by atoms with E-state index in [1.165, 1.54) is 4.90 Å². The molecule has 2 amide bonds. The van der Waals surface area contributed by atoms with Gasteiger partial charge in [-0.2, -0.15) is 0 Å². The molecule has 31 heavy (non-hydrogen) atoms. The van der Waals surface area contributed by atoms with Crippen LogP contribution < -0.4 is 14.8 Å². The molecule has 164 valence electrons. The number of pyridine rings is 1. The second kappa shape index (κ2) is 8.93. The lowest BCUT2D eigenvalue weighted by atomic mass is 10.0. The molecule has 2 aliphatic heterocycles. The summed E-state index contributed by atoms with van der Waals surface area (Å²) >= 11 is 0. The van der Waals surface area contributed by atoms with Gasteiger partial charge < -0.3 is 19.7 Å². The van der Waals surface area contributed by atoms with Crippen molar-refractivity contribution in [3.8, 4) is 22.8 Å². The third-order valence-corrected chi connectivity index (χ3v) is 5.97. The fraction of sp³-hybridized carbons (Fsp3) is 0.435. The standard InChI is InChI=1S/C23H28N4O4/c1-26(2)21(28)14-31-20-7-6-15(18-5-4-8-24-23(18)30-3)9-16(20)11-27-12-17-10-25-22(29)19(17)13-27/h4-9,17,19H,10-14H2,1-3H3,(H,25,29)/t17-,19+/m0/s1.